The minimum absolute atomic E-state index is 0.167. The molecule has 0 spiro atoms. The van der Waals surface area contributed by atoms with E-state index >= 15 is 0 Å². The van der Waals surface area contributed by atoms with E-state index in [1.54, 1.807) is 18.2 Å². The predicted octanol–water partition coefficient (Wildman–Crippen LogP) is 2.43. The van der Waals surface area contributed by atoms with E-state index in [2.05, 4.69) is 10.4 Å². The lowest BCUT2D eigenvalue weighted by molar-refractivity contribution is -0.122. The monoisotopic (exact) mass is 343 g/mol. The Morgan fingerprint density at radius 1 is 1.17 bits per heavy atom. The van der Waals surface area contributed by atoms with Gasteiger partial charge in [-0.05, 0) is 35.2 Å². The van der Waals surface area contributed by atoms with Gasteiger partial charge in [0.05, 0.1) is 4.88 Å². The molecule has 0 aliphatic rings. The van der Waals surface area contributed by atoms with E-state index in [0.29, 0.717) is 5.69 Å². The number of halogens is 1. The third-order valence-corrected chi connectivity index (χ3v) is 4.23. The number of nitrogens with zero attached hydrogens (tertiary/aromatic N) is 2. The number of hydrogen-bond donors (Lipinski definition) is 1. The second-order valence-electron chi connectivity index (χ2n) is 5.09. The number of hydrogen-bond acceptors (Lipinski definition) is 4. The molecule has 0 atom stereocenters. The maximum atomic E-state index is 12.8. The summed E-state index contributed by atoms with van der Waals surface area (Å²) in [6.45, 7) is 0.0950. The maximum absolute atomic E-state index is 12.8. The maximum Gasteiger partial charge on any atom is 0.267 e. The number of aromatic nitrogens is 2. The average molecular weight is 343 g/mol. The summed E-state index contributed by atoms with van der Waals surface area (Å²) in [6.07, 6.45) is 0. The van der Waals surface area contributed by atoms with Gasteiger partial charge in [0.2, 0.25) is 5.91 Å². The first-order valence-electron chi connectivity index (χ1n) is 7.25. The van der Waals surface area contributed by atoms with Crippen molar-refractivity contribution in [3.05, 3.63) is 75.6 Å². The standard InChI is InChI=1S/C17H14FN3O2S/c18-13-5-3-12(4-6-13)10-19-16(22)11-21-17(23)8-7-14(20-21)15-2-1-9-24-15/h1-9H,10-11H2,(H,19,22). The molecule has 122 valence electrons. The first kappa shape index (κ1) is 16.1. The van der Waals surface area contributed by atoms with E-state index in [1.165, 1.54) is 29.5 Å². The molecule has 1 aromatic carbocycles. The van der Waals surface area contributed by atoms with Crippen LogP contribution < -0.4 is 10.9 Å². The molecule has 0 aliphatic carbocycles. The highest BCUT2D eigenvalue weighted by atomic mass is 32.1. The molecule has 0 unspecified atom stereocenters. The molecule has 5 nitrogen and oxygen atoms in total. The van der Waals surface area contributed by atoms with Crippen molar-refractivity contribution in [2.24, 2.45) is 0 Å². The second-order valence-corrected chi connectivity index (χ2v) is 6.04. The van der Waals surface area contributed by atoms with Gasteiger partial charge in [-0.25, -0.2) is 9.07 Å². The zero-order valence-corrected chi connectivity index (χ0v) is 13.4. The van der Waals surface area contributed by atoms with Crippen LogP contribution in [0.3, 0.4) is 0 Å². The van der Waals surface area contributed by atoms with Gasteiger partial charge in [-0.15, -0.1) is 11.3 Å². The van der Waals surface area contributed by atoms with Crippen LogP contribution in [0.25, 0.3) is 10.6 Å². The summed E-state index contributed by atoms with van der Waals surface area (Å²) in [7, 11) is 0. The van der Waals surface area contributed by atoms with Crippen LogP contribution in [-0.4, -0.2) is 15.7 Å². The number of nitrogens with one attached hydrogen (secondary N) is 1. The fourth-order valence-corrected chi connectivity index (χ4v) is 2.80. The summed E-state index contributed by atoms with van der Waals surface area (Å²) >= 11 is 1.51. The molecule has 24 heavy (non-hydrogen) atoms. The van der Waals surface area contributed by atoms with Crippen molar-refractivity contribution in [1.82, 2.24) is 15.1 Å². The number of thiophene rings is 1. The summed E-state index contributed by atoms with van der Waals surface area (Å²) < 4.78 is 14.0. The molecule has 2 heterocycles. The molecule has 7 heteroatoms. The fourth-order valence-electron chi connectivity index (χ4n) is 2.11. The van der Waals surface area contributed by atoms with Crippen LogP contribution >= 0.6 is 11.3 Å². The van der Waals surface area contributed by atoms with E-state index in [-0.39, 0.29) is 30.4 Å². The fraction of sp³-hybridized carbons (Fsp3) is 0.118. The van der Waals surface area contributed by atoms with Gasteiger partial charge in [-0.2, -0.15) is 5.10 Å². The first-order chi connectivity index (χ1) is 11.6. The molecule has 0 radical (unpaired) electrons. The van der Waals surface area contributed by atoms with Crippen molar-refractivity contribution in [2.75, 3.05) is 0 Å². The minimum atomic E-state index is -0.341. The molecular formula is C17H14FN3O2S. The highest BCUT2D eigenvalue weighted by molar-refractivity contribution is 7.13. The number of carbonyl (C=O) groups is 1. The Hall–Kier alpha value is -2.80. The van der Waals surface area contributed by atoms with Crippen LogP contribution in [0.1, 0.15) is 5.56 Å². The normalized spacial score (nSPS) is 10.5. The van der Waals surface area contributed by atoms with Crippen LogP contribution in [0.4, 0.5) is 4.39 Å². The molecule has 0 aliphatic heterocycles. The SMILES string of the molecule is O=C(Cn1nc(-c2cccs2)ccc1=O)NCc1ccc(F)cc1. The van der Waals surface area contributed by atoms with Crippen LogP contribution in [0.2, 0.25) is 0 Å². The number of amides is 1. The second kappa shape index (κ2) is 7.18. The third kappa shape index (κ3) is 3.94. The third-order valence-electron chi connectivity index (χ3n) is 3.34. The van der Waals surface area contributed by atoms with Gasteiger partial charge < -0.3 is 5.32 Å². The first-order valence-corrected chi connectivity index (χ1v) is 8.13. The molecule has 3 aromatic rings. The quantitative estimate of drug-likeness (QED) is 0.774. The number of benzene rings is 1. The van der Waals surface area contributed by atoms with Crippen LogP contribution in [0.15, 0.2) is 58.7 Å². The lowest BCUT2D eigenvalue weighted by atomic mass is 10.2. The molecular weight excluding hydrogens is 329 g/mol. The number of carbonyl (C=O) groups excluding carboxylic acids is 1. The zero-order chi connectivity index (χ0) is 16.9. The van der Waals surface area contributed by atoms with Gasteiger partial charge in [-0.3, -0.25) is 9.59 Å². The minimum Gasteiger partial charge on any atom is -0.350 e. The molecule has 0 bridgehead atoms. The van der Waals surface area contributed by atoms with Crippen LogP contribution in [0, 0.1) is 5.82 Å². The van der Waals surface area contributed by atoms with E-state index in [1.807, 2.05) is 17.5 Å². The summed E-state index contributed by atoms with van der Waals surface area (Å²) in [4.78, 5) is 24.8. The Morgan fingerprint density at radius 2 is 1.96 bits per heavy atom. The van der Waals surface area contributed by atoms with Gasteiger partial charge in [0, 0.05) is 12.6 Å². The van der Waals surface area contributed by atoms with Crippen LogP contribution in [0.5, 0.6) is 0 Å². The van der Waals surface area contributed by atoms with E-state index in [4.69, 9.17) is 0 Å². The molecule has 0 fully saturated rings. The lowest BCUT2D eigenvalue weighted by Crippen LogP contribution is -2.33. The van der Waals surface area contributed by atoms with Crippen molar-refractivity contribution in [3.8, 4) is 10.6 Å². The van der Waals surface area contributed by atoms with Gasteiger partial charge in [0.1, 0.15) is 18.1 Å². The van der Waals surface area contributed by atoms with Crippen LogP contribution in [-0.2, 0) is 17.9 Å². The zero-order valence-electron chi connectivity index (χ0n) is 12.6. The van der Waals surface area contributed by atoms with Gasteiger partial charge in [0.15, 0.2) is 0 Å². The van der Waals surface area contributed by atoms with Gasteiger partial charge in [-0.1, -0.05) is 18.2 Å². The molecule has 2 aromatic heterocycles. The van der Waals surface area contributed by atoms with Crippen molar-refractivity contribution < 1.29 is 9.18 Å². The van der Waals surface area contributed by atoms with E-state index in [9.17, 15) is 14.0 Å². The smallest absolute Gasteiger partial charge is 0.267 e. The van der Waals surface area contributed by atoms with E-state index < -0.39 is 0 Å². The van der Waals surface area contributed by atoms with Gasteiger partial charge in [0.25, 0.3) is 5.56 Å². The summed E-state index contributed by atoms with van der Waals surface area (Å²) in [5.41, 5.74) is 1.08. The highest BCUT2D eigenvalue weighted by Crippen LogP contribution is 2.20. The van der Waals surface area contributed by atoms with Crippen molar-refractivity contribution in [3.63, 3.8) is 0 Å². The van der Waals surface area contributed by atoms with E-state index in [0.717, 1.165) is 15.1 Å². The Kier molecular flexibility index (Phi) is 4.81. The lowest BCUT2D eigenvalue weighted by Gasteiger charge is -2.08. The van der Waals surface area contributed by atoms with Crippen molar-refractivity contribution in [1.29, 1.82) is 0 Å². The molecule has 0 saturated carbocycles. The predicted molar refractivity (Wildman–Crippen MR) is 90.1 cm³/mol. The highest BCUT2D eigenvalue weighted by Gasteiger charge is 2.08. The molecule has 1 amide bonds. The largest absolute Gasteiger partial charge is 0.350 e. The average Bonchev–Trinajstić information content (AvgIpc) is 3.11. The topological polar surface area (TPSA) is 64.0 Å². The molecule has 1 N–H and O–H groups in total. The Morgan fingerprint density at radius 3 is 2.67 bits per heavy atom. The summed E-state index contributed by atoms with van der Waals surface area (Å²) in [5, 5.41) is 8.83. The van der Waals surface area contributed by atoms with Crippen molar-refractivity contribution >= 4 is 17.2 Å². The summed E-state index contributed by atoms with van der Waals surface area (Å²) in [6, 6.07) is 12.7. The molecule has 0 saturated heterocycles. The Balaban J connectivity index is 1.66. The number of rotatable bonds is 5. The Labute approximate surface area is 141 Å². The van der Waals surface area contributed by atoms with Crippen molar-refractivity contribution in [2.45, 2.75) is 13.1 Å². The van der Waals surface area contributed by atoms with Gasteiger partial charge >= 0.3 is 0 Å². The summed E-state index contributed by atoms with van der Waals surface area (Å²) in [5.74, 6) is -0.663. The molecule has 3 rings (SSSR count). The Bertz CT molecular complexity index is 889.